The highest BCUT2D eigenvalue weighted by Gasteiger charge is 2.49. The lowest BCUT2D eigenvalue weighted by Crippen LogP contribution is -2.31. The van der Waals surface area contributed by atoms with E-state index in [1.165, 1.54) is 0 Å². The SMILES string of the molecule is Cc1c(Cl)c(C2(C(C)N)CC2)cc2c1OCO2. The lowest BCUT2D eigenvalue weighted by molar-refractivity contribution is 0.173. The molecule has 1 saturated carbocycles. The molecule has 2 aliphatic rings. The van der Waals surface area contributed by atoms with E-state index in [4.69, 9.17) is 26.8 Å². The summed E-state index contributed by atoms with van der Waals surface area (Å²) < 4.78 is 10.9. The van der Waals surface area contributed by atoms with E-state index in [1.54, 1.807) is 0 Å². The number of fused-ring (bicyclic) bond motifs is 1. The Hall–Kier alpha value is -0.930. The number of ether oxygens (including phenoxy) is 2. The molecular formula is C13H16ClNO2. The first-order valence-electron chi connectivity index (χ1n) is 5.91. The molecule has 0 aromatic heterocycles. The molecule has 92 valence electrons. The largest absolute Gasteiger partial charge is 0.454 e. The van der Waals surface area contributed by atoms with Crippen LogP contribution in [0.1, 0.15) is 30.9 Å². The second-order valence-electron chi connectivity index (χ2n) is 5.04. The van der Waals surface area contributed by atoms with E-state index < -0.39 is 0 Å². The van der Waals surface area contributed by atoms with Gasteiger partial charge in [-0.2, -0.15) is 0 Å². The first-order valence-corrected chi connectivity index (χ1v) is 6.29. The molecule has 1 unspecified atom stereocenters. The van der Waals surface area contributed by atoms with Crippen LogP contribution in [0.25, 0.3) is 0 Å². The molecule has 0 spiro atoms. The summed E-state index contributed by atoms with van der Waals surface area (Å²) in [7, 11) is 0. The van der Waals surface area contributed by atoms with Gasteiger partial charge in [0, 0.05) is 17.0 Å². The molecule has 3 rings (SSSR count). The van der Waals surface area contributed by atoms with E-state index in [-0.39, 0.29) is 18.2 Å². The van der Waals surface area contributed by atoms with Crippen LogP contribution in [0.15, 0.2) is 6.07 Å². The zero-order chi connectivity index (χ0) is 12.2. The molecule has 1 aliphatic carbocycles. The van der Waals surface area contributed by atoms with Crippen LogP contribution in [0.4, 0.5) is 0 Å². The van der Waals surface area contributed by atoms with Gasteiger partial charge in [0.05, 0.1) is 5.02 Å². The summed E-state index contributed by atoms with van der Waals surface area (Å²) in [6.07, 6.45) is 2.20. The normalized spacial score (nSPS) is 21.4. The number of rotatable bonds is 2. The zero-order valence-corrected chi connectivity index (χ0v) is 10.8. The molecule has 0 bridgehead atoms. The van der Waals surface area contributed by atoms with Crippen molar-refractivity contribution >= 4 is 11.6 Å². The lowest BCUT2D eigenvalue weighted by atomic mass is 9.88. The summed E-state index contributed by atoms with van der Waals surface area (Å²) in [4.78, 5) is 0. The van der Waals surface area contributed by atoms with Gasteiger partial charge >= 0.3 is 0 Å². The highest BCUT2D eigenvalue weighted by atomic mass is 35.5. The summed E-state index contributed by atoms with van der Waals surface area (Å²) >= 11 is 6.45. The van der Waals surface area contributed by atoms with Crippen LogP contribution in [0.3, 0.4) is 0 Å². The minimum absolute atomic E-state index is 0.0445. The van der Waals surface area contributed by atoms with Gasteiger partial charge in [-0.05, 0) is 38.3 Å². The van der Waals surface area contributed by atoms with E-state index >= 15 is 0 Å². The fourth-order valence-electron chi connectivity index (χ4n) is 2.65. The molecule has 1 fully saturated rings. The molecule has 1 aromatic carbocycles. The second-order valence-corrected chi connectivity index (χ2v) is 5.42. The topological polar surface area (TPSA) is 44.5 Å². The van der Waals surface area contributed by atoms with Gasteiger partial charge in [0.1, 0.15) is 0 Å². The molecule has 17 heavy (non-hydrogen) atoms. The van der Waals surface area contributed by atoms with Gasteiger partial charge in [-0.3, -0.25) is 0 Å². The van der Waals surface area contributed by atoms with Crippen LogP contribution in [-0.4, -0.2) is 12.8 Å². The van der Waals surface area contributed by atoms with Gasteiger partial charge in [0.25, 0.3) is 0 Å². The molecule has 0 amide bonds. The van der Waals surface area contributed by atoms with E-state index in [1.807, 2.05) is 19.9 Å². The van der Waals surface area contributed by atoms with Crippen LogP contribution < -0.4 is 15.2 Å². The Kier molecular flexibility index (Phi) is 2.32. The van der Waals surface area contributed by atoms with Crippen molar-refractivity contribution in [2.24, 2.45) is 5.73 Å². The summed E-state index contributed by atoms with van der Waals surface area (Å²) in [5.41, 5.74) is 8.23. The van der Waals surface area contributed by atoms with E-state index in [9.17, 15) is 0 Å². The average Bonchev–Trinajstić information content (AvgIpc) is 2.97. The highest BCUT2D eigenvalue weighted by Crippen LogP contribution is 2.55. The molecule has 1 aromatic rings. The smallest absolute Gasteiger partial charge is 0.231 e. The molecule has 3 nitrogen and oxygen atoms in total. The summed E-state index contributed by atoms with van der Waals surface area (Å²) in [5.74, 6) is 1.58. The number of hydrogen-bond donors (Lipinski definition) is 1. The number of benzene rings is 1. The predicted octanol–water partition coefficient (Wildman–Crippen LogP) is 2.76. The van der Waals surface area contributed by atoms with Gasteiger partial charge in [-0.1, -0.05) is 11.6 Å². The predicted molar refractivity (Wildman–Crippen MR) is 66.9 cm³/mol. The molecule has 0 radical (unpaired) electrons. The molecule has 1 atom stereocenters. The Balaban J connectivity index is 2.16. The summed E-state index contributed by atoms with van der Waals surface area (Å²) in [5, 5.41) is 0.782. The Morgan fingerprint density at radius 2 is 2.12 bits per heavy atom. The third-order valence-electron chi connectivity index (χ3n) is 4.02. The van der Waals surface area contributed by atoms with Gasteiger partial charge in [0.15, 0.2) is 11.5 Å². The first-order chi connectivity index (χ1) is 8.06. The van der Waals surface area contributed by atoms with Crippen molar-refractivity contribution in [2.45, 2.75) is 38.1 Å². The minimum Gasteiger partial charge on any atom is -0.454 e. The first kappa shape index (κ1) is 11.2. The van der Waals surface area contributed by atoms with Crippen LogP contribution in [0.5, 0.6) is 11.5 Å². The lowest BCUT2D eigenvalue weighted by Gasteiger charge is -2.22. The fourth-order valence-corrected chi connectivity index (χ4v) is 2.98. The molecule has 4 heteroatoms. The molecule has 1 heterocycles. The number of halogens is 1. The standard InChI is InChI=1S/C13H16ClNO2/c1-7-11(14)9(13(3-4-13)8(2)15)5-10-12(7)17-6-16-10/h5,8H,3-4,6,15H2,1-2H3. The molecule has 1 aliphatic heterocycles. The van der Waals surface area contributed by atoms with Crippen LogP contribution in [0.2, 0.25) is 5.02 Å². The van der Waals surface area contributed by atoms with Crippen LogP contribution >= 0.6 is 11.6 Å². The molecule has 2 N–H and O–H groups in total. The van der Waals surface area contributed by atoms with Gasteiger partial charge < -0.3 is 15.2 Å². The maximum absolute atomic E-state index is 6.45. The zero-order valence-electron chi connectivity index (χ0n) is 10.0. The van der Waals surface area contributed by atoms with Gasteiger partial charge in [-0.25, -0.2) is 0 Å². The van der Waals surface area contributed by atoms with Crippen molar-refractivity contribution in [3.05, 3.63) is 22.2 Å². The number of hydrogen-bond acceptors (Lipinski definition) is 3. The van der Waals surface area contributed by atoms with Crippen molar-refractivity contribution in [3.63, 3.8) is 0 Å². The van der Waals surface area contributed by atoms with E-state index in [0.29, 0.717) is 0 Å². The van der Waals surface area contributed by atoms with Crippen LogP contribution in [-0.2, 0) is 5.41 Å². The third kappa shape index (κ3) is 1.45. The fraction of sp³-hybridized carbons (Fsp3) is 0.538. The minimum atomic E-state index is 0.0445. The summed E-state index contributed by atoms with van der Waals surface area (Å²) in [6.45, 7) is 4.29. The maximum Gasteiger partial charge on any atom is 0.231 e. The van der Waals surface area contributed by atoms with Crippen LogP contribution in [0, 0.1) is 6.92 Å². The Morgan fingerprint density at radius 3 is 2.71 bits per heavy atom. The van der Waals surface area contributed by atoms with Crippen molar-refractivity contribution in [3.8, 4) is 11.5 Å². The van der Waals surface area contributed by atoms with Crippen molar-refractivity contribution in [1.29, 1.82) is 0 Å². The average molecular weight is 254 g/mol. The molecule has 0 saturated heterocycles. The maximum atomic E-state index is 6.45. The third-order valence-corrected chi connectivity index (χ3v) is 4.51. The quantitative estimate of drug-likeness (QED) is 0.882. The van der Waals surface area contributed by atoms with Gasteiger partial charge in [0.2, 0.25) is 6.79 Å². The number of nitrogens with two attached hydrogens (primary N) is 1. The van der Waals surface area contributed by atoms with E-state index in [2.05, 4.69) is 0 Å². The van der Waals surface area contributed by atoms with Crippen molar-refractivity contribution < 1.29 is 9.47 Å². The molecular weight excluding hydrogens is 238 g/mol. The van der Waals surface area contributed by atoms with Crippen molar-refractivity contribution in [2.75, 3.05) is 6.79 Å². The highest BCUT2D eigenvalue weighted by molar-refractivity contribution is 6.32. The Morgan fingerprint density at radius 1 is 1.41 bits per heavy atom. The van der Waals surface area contributed by atoms with Crippen molar-refractivity contribution in [1.82, 2.24) is 0 Å². The Bertz CT molecular complexity index is 481. The summed E-state index contributed by atoms with van der Waals surface area (Å²) in [6, 6.07) is 2.12. The second kappa shape index (κ2) is 3.53. The Labute approximate surface area is 106 Å². The van der Waals surface area contributed by atoms with E-state index in [0.717, 1.165) is 40.5 Å². The monoisotopic (exact) mass is 253 g/mol. The van der Waals surface area contributed by atoms with Gasteiger partial charge in [-0.15, -0.1) is 0 Å².